The number of rotatable bonds is 7. The lowest BCUT2D eigenvalue weighted by Crippen LogP contribution is -2.30. The molecule has 0 aliphatic heterocycles. The maximum atomic E-state index is 11.1. The van der Waals surface area contributed by atoms with Gasteiger partial charge in [-0.1, -0.05) is 13.0 Å². The third kappa shape index (κ3) is 3.94. The van der Waals surface area contributed by atoms with Crippen LogP contribution in [0.3, 0.4) is 0 Å². The largest absolute Gasteiger partial charge is 0.417 e. The average Bonchev–Trinajstić information content (AvgIpc) is 2.76. The molecule has 0 radical (unpaired) electrons. The molecule has 5 heteroatoms. The summed E-state index contributed by atoms with van der Waals surface area (Å²) in [6.07, 6.45) is 0.952. The fourth-order valence-electron chi connectivity index (χ4n) is 2.02. The minimum atomic E-state index is -0.394. The number of oxazole rings is 1. The molecule has 0 bridgehead atoms. The predicted molar refractivity (Wildman–Crippen MR) is 76.6 cm³/mol. The van der Waals surface area contributed by atoms with Crippen LogP contribution in [0.5, 0.6) is 0 Å². The van der Waals surface area contributed by atoms with Crippen molar-refractivity contribution in [2.75, 3.05) is 33.2 Å². The normalized spacial score (nSPS) is 11.5. The molecule has 0 aliphatic rings. The van der Waals surface area contributed by atoms with Crippen molar-refractivity contribution in [1.29, 1.82) is 0 Å². The quantitative estimate of drug-likeness (QED) is 0.737. The van der Waals surface area contributed by atoms with E-state index in [2.05, 4.69) is 29.2 Å². The molecule has 0 saturated heterocycles. The van der Waals surface area contributed by atoms with E-state index in [9.17, 15) is 4.79 Å². The van der Waals surface area contributed by atoms with Crippen molar-refractivity contribution in [3.63, 3.8) is 0 Å². The number of aromatic amines is 1. The van der Waals surface area contributed by atoms with Crippen molar-refractivity contribution in [3.05, 3.63) is 34.3 Å². The lowest BCUT2D eigenvalue weighted by atomic mass is 10.1. The Labute approximate surface area is 112 Å². The molecule has 0 saturated carbocycles. The van der Waals surface area contributed by atoms with E-state index in [1.54, 1.807) is 0 Å². The van der Waals surface area contributed by atoms with E-state index in [1.807, 2.05) is 18.2 Å². The van der Waals surface area contributed by atoms with Crippen LogP contribution in [0, 0.1) is 0 Å². The minimum absolute atomic E-state index is 0.394. The number of nitrogens with zero attached hydrogens (tertiary/aromatic N) is 1. The molecule has 104 valence electrons. The van der Waals surface area contributed by atoms with Crippen molar-refractivity contribution in [2.45, 2.75) is 13.3 Å². The summed E-state index contributed by atoms with van der Waals surface area (Å²) in [5.41, 5.74) is 2.58. The monoisotopic (exact) mass is 263 g/mol. The van der Waals surface area contributed by atoms with Gasteiger partial charge in [0.25, 0.3) is 0 Å². The molecule has 2 aromatic rings. The minimum Gasteiger partial charge on any atom is -0.408 e. The van der Waals surface area contributed by atoms with Crippen LogP contribution in [-0.4, -0.2) is 43.1 Å². The van der Waals surface area contributed by atoms with Gasteiger partial charge in [0, 0.05) is 19.6 Å². The summed E-state index contributed by atoms with van der Waals surface area (Å²) in [4.78, 5) is 16.0. The summed E-state index contributed by atoms with van der Waals surface area (Å²) in [5, 5.41) is 3.31. The van der Waals surface area contributed by atoms with Gasteiger partial charge in [-0.3, -0.25) is 4.98 Å². The molecule has 0 atom stereocenters. The fraction of sp³-hybridized carbons (Fsp3) is 0.500. The first-order valence-electron chi connectivity index (χ1n) is 6.70. The van der Waals surface area contributed by atoms with E-state index in [4.69, 9.17) is 4.42 Å². The second kappa shape index (κ2) is 6.54. The van der Waals surface area contributed by atoms with E-state index in [0.717, 1.165) is 38.1 Å². The maximum absolute atomic E-state index is 11.1. The first-order valence-corrected chi connectivity index (χ1v) is 6.70. The van der Waals surface area contributed by atoms with Gasteiger partial charge in [-0.05, 0) is 37.7 Å². The number of nitrogens with one attached hydrogen (secondary N) is 2. The molecule has 1 aromatic carbocycles. The number of hydrogen-bond acceptors (Lipinski definition) is 4. The molecule has 0 fully saturated rings. The molecule has 0 unspecified atom stereocenters. The summed E-state index contributed by atoms with van der Waals surface area (Å²) in [6, 6.07) is 5.87. The Hall–Kier alpha value is -1.59. The topological polar surface area (TPSA) is 61.3 Å². The van der Waals surface area contributed by atoms with Gasteiger partial charge in [0.2, 0.25) is 0 Å². The predicted octanol–water partition coefficient (Wildman–Crippen LogP) is 1.20. The van der Waals surface area contributed by atoms with E-state index < -0.39 is 5.76 Å². The van der Waals surface area contributed by atoms with E-state index in [1.165, 1.54) is 5.56 Å². The Balaban J connectivity index is 1.88. The van der Waals surface area contributed by atoms with Gasteiger partial charge in [0.05, 0.1) is 5.52 Å². The zero-order chi connectivity index (χ0) is 13.7. The molecule has 1 heterocycles. The molecular formula is C14H21N3O2. The summed E-state index contributed by atoms with van der Waals surface area (Å²) < 4.78 is 5.06. The molecule has 1 aromatic heterocycles. The Kier molecular flexibility index (Phi) is 4.76. The molecule has 2 N–H and O–H groups in total. The average molecular weight is 263 g/mol. The van der Waals surface area contributed by atoms with Crippen molar-refractivity contribution in [2.24, 2.45) is 0 Å². The Morgan fingerprint density at radius 2 is 2.21 bits per heavy atom. The number of benzene rings is 1. The molecule has 2 rings (SSSR count). The molecule has 0 amide bonds. The van der Waals surface area contributed by atoms with Crippen LogP contribution >= 0.6 is 0 Å². The highest BCUT2D eigenvalue weighted by molar-refractivity contribution is 5.72. The van der Waals surface area contributed by atoms with Crippen molar-refractivity contribution >= 4 is 11.1 Å². The number of aromatic nitrogens is 1. The Morgan fingerprint density at radius 1 is 1.37 bits per heavy atom. The van der Waals surface area contributed by atoms with Crippen LogP contribution < -0.4 is 11.1 Å². The third-order valence-corrected chi connectivity index (χ3v) is 3.19. The van der Waals surface area contributed by atoms with E-state index in [0.29, 0.717) is 5.58 Å². The van der Waals surface area contributed by atoms with Gasteiger partial charge >= 0.3 is 5.76 Å². The number of likely N-dealkylation sites (N-methyl/N-ethyl adjacent to an activating group) is 2. The van der Waals surface area contributed by atoms with E-state index >= 15 is 0 Å². The molecule has 0 aliphatic carbocycles. The summed E-state index contributed by atoms with van der Waals surface area (Å²) in [7, 11) is 2.12. The smallest absolute Gasteiger partial charge is 0.408 e. The lowest BCUT2D eigenvalue weighted by molar-refractivity contribution is 0.337. The van der Waals surface area contributed by atoms with Gasteiger partial charge in [-0.2, -0.15) is 0 Å². The zero-order valence-electron chi connectivity index (χ0n) is 11.5. The second-order valence-corrected chi connectivity index (χ2v) is 4.75. The molecule has 5 nitrogen and oxygen atoms in total. The fourth-order valence-corrected chi connectivity index (χ4v) is 2.02. The van der Waals surface area contributed by atoms with Gasteiger partial charge < -0.3 is 14.6 Å². The van der Waals surface area contributed by atoms with Gasteiger partial charge in [0.15, 0.2) is 5.58 Å². The van der Waals surface area contributed by atoms with Crippen LogP contribution in [0.1, 0.15) is 12.5 Å². The highest BCUT2D eigenvalue weighted by Gasteiger charge is 2.03. The Bertz CT molecular complexity index is 573. The van der Waals surface area contributed by atoms with Crippen LogP contribution in [0.4, 0.5) is 0 Å². The lowest BCUT2D eigenvalue weighted by Gasteiger charge is -2.16. The van der Waals surface area contributed by atoms with Crippen molar-refractivity contribution < 1.29 is 4.42 Å². The van der Waals surface area contributed by atoms with Crippen LogP contribution in [0.15, 0.2) is 27.4 Å². The SMILES string of the molecule is CCNCCN(C)CCc1ccc2[nH]c(=O)oc2c1. The summed E-state index contributed by atoms with van der Waals surface area (Å²) in [5.74, 6) is -0.394. The van der Waals surface area contributed by atoms with Crippen molar-refractivity contribution in [1.82, 2.24) is 15.2 Å². The standard InChI is InChI=1S/C14H21N3O2/c1-3-15-7-9-17(2)8-6-11-4-5-12-13(10-11)19-14(18)16-12/h4-5,10,15H,3,6-9H2,1-2H3,(H,16,18). The van der Waals surface area contributed by atoms with Gasteiger partial charge in [-0.15, -0.1) is 0 Å². The number of H-pyrrole nitrogens is 1. The highest BCUT2D eigenvalue weighted by atomic mass is 16.4. The zero-order valence-corrected chi connectivity index (χ0v) is 11.5. The van der Waals surface area contributed by atoms with Crippen LogP contribution in [-0.2, 0) is 6.42 Å². The number of fused-ring (bicyclic) bond motifs is 1. The first-order chi connectivity index (χ1) is 9.19. The van der Waals surface area contributed by atoms with Gasteiger partial charge in [-0.25, -0.2) is 4.79 Å². The van der Waals surface area contributed by atoms with Gasteiger partial charge in [0.1, 0.15) is 0 Å². The highest BCUT2D eigenvalue weighted by Crippen LogP contribution is 2.12. The van der Waals surface area contributed by atoms with E-state index in [-0.39, 0.29) is 0 Å². The Morgan fingerprint density at radius 3 is 3.00 bits per heavy atom. The molecule has 19 heavy (non-hydrogen) atoms. The first kappa shape index (κ1) is 13.8. The summed E-state index contributed by atoms with van der Waals surface area (Å²) in [6.45, 7) is 6.16. The van der Waals surface area contributed by atoms with Crippen LogP contribution in [0.2, 0.25) is 0 Å². The molecule has 0 spiro atoms. The second-order valence-electron chi connectivity index (χ2n) is 4.75. The maximum Gasteiger partial charge on any atom is 0.417 e. The summed E-state index contributed by atoms with van der Waals surface area (Å²) >= 11 is 0. The van der Waals surface area contributed by atoms with Crippen LogP contribution in [0.25, 0.3) is 11.1 Å². The van der Waals surface area contributed by atoms with Crippen molar-refractivity contribution in [3.8, 4) is 0 Å². The number of hydrogen-bond donors (Lipinski definition) is 2. The third-order valence-electron chi connectivity index (χ3n) is 3.19. The molecular weight excluding hydrogens is 242 g/mol.